The number of benzene rings is 2. The van der Waals surface area contributed by atoms with Crippen molar-refractivity contribution in [2.45, 2.75) is 49.7 Å². The van der Waals surface area contributed by atoms with E-state index in [0.29, 0.717) is 5.92 Å². The molecule has 2 aromatic rings. The summed E-state index contributed by atoms with van der Waals surface area (Å²) < 4.78 is 14.7. The third-order valence-corrected chi connectivity index (χ3v) is 5.81. The van der Waals surface area contributed by atoms with Crippen LogP contribution in [0.1, 0.15) is 55.7 Å². The maximum absolute atomic E-state index is 14.7. The van der Waals surface area contributed by atoms with Gasteiger partial charge in [-0.05, 0) is 41.2 Å². The fourth-order valence-corrected chi connectivity index (χ4v) is 4.62. The van der Waals surface area contributed by atoms with Crippen molar-refractivity contribution in [2.24, 2.45) is 5.92 Å². The average Bonchev–Trinajstić information content (AvgIpc) is 2.70. The molecule has 0 amide bonds. The maximum atomic E-state index is 14.7. The first-order valence-electron chi connectivity index (χ1n) is 8.21. The van der Waals surface area contributed by atoms with Gasteiger partial charge in [-0.15, -0.1) is 11.8 Å². The molecule has 1 heterocycles. The second kappa shape index (κ2) is 6.87. The van der Waals surface area contributed by atoms with E-state index in [1.807, 2.05) is 17.8 Å². The van der Waals surface area contributed by atoms with Gasteiger partial charge >= 0.3 is 0 Å². The van der Waals surface area contributed by atoms with Crippen LogP contribution in [0.25, 0.3) is 0 Å². The minimum Gasteiger partial charge on any atom is -0.207 e. The van der Waals surface area contributed by atoms with E-state index in [0.717, 1.165) is 23.3 Å². The monoisotopic (exact) mass is 314 g/mol. The number of hydrogen-bond donors (Lipinski definition) is 0. The highest BCUT2D eigenvalue weighted by Crippen LogP contribution is 2.45. The smallest absolute Gasteiger partial charge is 0.127 e. The van der Waals surface area contributed by atoms with Crippen molar-refractivity contribution in [3.05, 3.63) is 65.0 Å². The van der Waals surface area contributed by atoms with Gasteiger partial charge in [0.2, 0.25) is 0 Å². The molecule has 0 N–H and O–H groups in total. The van der Waals surface area contributed by atoms with Crippen molar-refractivity contribution in [2.75, 3.05) is 0 Å². The number of halogens is 1. The molecule has 1 aliphatic rings. The second-order valence-corrected chi connectivity index (χ2v) is 7.25. The zero-order valence-electron chi connectivity index (χ0n) is 13.3. The Bertz CT molecular complexity index is 650. The van der Waals surface area contributed by atoms with Gasteiger partial charge in [0.15, 0.2) is 0 Å². The van der Waals surface area contributed by atoms with Gasteiger partial charge in [0.1, 0.15) is 5.82 Å². The molecule has 1 aliphatic heterocycles. The highest BCUT2D eigenvalue weighted by Gasteiger charge is 2.30. The van der Waals surface area contributed by atoms with Gasteiger partial charge in [-0.1, -0.05) is 57.0 Å². The zero-order chi connectivity index (χ0) is 15.5. The van der Waals surface area contributed by atoms with Gasteiger partial charge in [0.05, 0.1) is 0 Å². The van der Waals surface area contributed by atoms with E-state index in [-0.39, 0.29) is 11.7 Å². The first-order chi connectivity index (χ1) is 10.7. The van der Waals surface area contributed by atoms with Gasteiger partial charge in [-0.2, -0.15) is 0 Å². The second-order valence-electron chi connectivity index (χ2n) is 6.24. The molecule has 0 fully saturated rings. The molecule has 116 valence electrons. The predicted octanol–water partition coefficient (Wildman–Crippen LogP) is 6.39. The molecule has 3 rings (SSSR count). The van der Waals surface area contributed by atoms with E-state index in [2.05, 4.69) is 44.2 Å². The van der Waals surface area contributed by atoms with Gasteiger partial charge in [-0.25, -0.2) is 4.39 Å². The quantitative estimate of drug-likeness (QED) is 0.630. The third-order valence-electron chi connectivity index (χ3n) is 4.67. The minimum absolute atomic E-state index is 0.0387. The summed E-state index contributed by atoms with van der Waals surface area (Å²) in [7, 11) is 0. The molecule has 0 aromatic heterocycles. The zero-order valence-corrected chi connectivity index (χ0v) is 14.1. The van der Waals surface area contributed by atoms with Crippen LogP contribution < -0.4 is 0 Å². The van der Waals surface area contributed by atoms with Crippen LogP contribution in [-0.2, 0) is 5.75 Å². The topological polar surface area (TPSA) is 0 Å². The Balaban J connectivity index is 2.12. The molecular weight excluding hydrogens is 291 g/mol. The van der Waals surface area contributed by atoms with Crippen molar-refractivity contribution < 1.29 is 4.39 Å². The molecule has 0 radical (unpaired) electrons. The summed E-state index contributed by atoms with van der Waals surface area (Å²) in [5.41, 5.74) is 3.40. The SMILES string of the molecule is CCCC[C@@H](C)C1c2ccccc2SCc2cccc(F)c21. The summed E-state index contributed by atoms with van der Waals surface area (Å²) in [6.07, 6.45) is 3.54. The largest absolute Gasteiger partial charge is 0.207 e. The molecule has 22 heavy (non-hydrogen) atoms. The molecule has 0 bridgehead atoms. The van der Waals surface area contributed by atoms with Crippen LogP contribution in [0, 0.1) is 11.7 Å². The highest BCUT2D eigenvalue weighted by molar-refractivity contribution is 7.98. The normalized spacial score (nSPS) is 18.2. The molecule has 2 aromatic carbocycles. The van der Waals surface area contributed by atoms with E-state index < -0.39 is 0 Å². The van der Waals surface area contributed by atoms with E-state index >= 15 is 0 Å². The fraction of sp³-hybridized carbons (Fsp3) is 0.400. The lowest BCUT2D eigenvalue weighted by molar-refractivity contribution is 0.438. The summed E-state index contributed by atoms with van der Waals surface area (Å²) in [5.74, 6) is 1.45. The van der Waals surface area contributed by atoms with E-state index in [1.165, 1.54) is 23.3 Å². The van der Waals surface area contributed by atoms with Crippen molar-refractivity contribution in [1.29, 1.82) is 0 Å². The summed E-state index contributed by atoms with van der Waals surface area (Å²) in [4.78, 5) is 1.31. The van der Waals surface area contributed by atoms with Crippen molar-refractivity contribution in [3.63, 3.8) is 0 Å². The first kappa shape index (κ1) is 15.6. The van der Waals surface area contributed by atoms with Gasteiger partial charge < -0.3 is 0 Å². The van der Waals surface area contributed by atoms with Crippen LogP contribution in [0.3, 0.4) is 0 Å². The van der Waals surface area contributed by atoms with Crippen LogP contribution in [0.2, 0.25) is 0 Å². The first-order valence-corrected chi connectivity index (χ1v) is 9.20. The molecule has 0 aliphatic carbocycles. The van der Waals surface area contributed by atoms with Crippen LogP contribution in [0.5, 0.6) is 0 Å². The van der Waals surface area contributed by atoms with Gasteiger partial charge in [0.25, 0.3) is 0 Å². The number of thioether (sulfide) groups is 1. The molecule has 2 atom stereocenters. The van der Waals surface area contributed by atoms with E-state index in [9.17, 15) is 4.39 Å². The highest BCUT2D eigenvalue weighted by atomic mass is 32.2. The molecule has 0 spiro atoms. The van der Waals surface area contributed by atoms with Gasteiger partial charge in [0, 0.05) is 16.6 Å². The standard InChI is InChI=1S/C20H23FS/c1-3-4-8-14(2)19-16-10-5-6-12-18(16)22-13-15-9-7-11-17(21)20(15)19/h5-7,9-12,14,19H,3-4,8,13H2,1-2H3/t14-,19?/m1/s1. The minimum atomic E-state index is -0.0387. The van der Waals surface area contributed by atoms with Crippen LogP contribution in [0.15, 0.2) is 47.4 Å². The number of unbranched alkanes of at least 4 members (excludes halogenated alkanes) is 1. The summed E-state index contributed by atoms with van der Waals surface area (Å²) in [5, 5.41) is 0. The van der Waals surface area contributed by atoms with Crippen LogP contribution in [0.4, 0.5) is 4.39 Å². The van der Waals surface area contributed by atoms with Crippen LogP contribution in [-0.4, -0.2) is 0 Å². The Labute approximate surface area is 137 Å². The van der Waals surface area contributed by atoms with Crippen LogP contribution >= 0.6 is 11.8 Å². The Morgan fingerprint density at radius 3 is 2.82 bits per heavy atom. The lowest BCUT2D eigenvalue weighted by Crippen LogP contribution is -2.15. The molecule has 2 heteroatoms. The lowest BCUT2D eigenvalue weighted by atomic mass is 9.77. The van der Waals surface area contributed by atoms with E-state index in [4.69, 9.17) is 0 Å². The summed E-state index contributed by atoms with van der Waals surface area (Å²) in [6, 6.07) is 14.1. The Kier molecular flexibility index (Phi) is 4.87. The summed E-state index contributed by atoms with van der Waals surface area (Å²) in [6.45, 7) is 4.50. The molecular formula is C20H23FS. The number of rotatable bonds is 4. The van der Waals surface area contributed by atoms with Crippen molar-refractivity contribution in [1.82, 2.24) is 0 Å². The summed E-state index contributed by atoms with van der Waals surface area (Å²) >= 11 is 1.84. The molecule has 0 saturated heterocycles. The fourth-order valence-electron chi connectivity index (χ4n) is 3.52. The average molecular weight is 314 g/mol. The number of fused-ring (bicyclic) bond motifs is 2. The Hall–Kier alpha value is -1.28. The van der Waals surface area contributed by atoms with Crippen molar-refractivity contribution >= 4 is 11.8 Å². The number of hydrogen-bond acceptors (Lipinski definition) is 1. The Morgan fingerprint density at radius 1 is 1.18 bits per heavy atom. The van der Waals surface area contributed by atoms with Gasteiger partial charge in [-0.3, -0.25) is 0 Å². The maximum Gasteiger partial charge on any atom is 0.127 e. The lowest BCUT2D eigenvalue weighted by Gasteiger charge is -2.27. The Morgan fingerprint density at radius 2 is 2.00 bits per heavy atom. The van der Waals surface area contributed by atoms with E-state index in [1.54, 1.807) is 6.07 Å². The van der Waals surface area contributed by atoms with Crippen molar-refractivity contribution in [3.8, 4) is 0 Å². The molecule has 1 unspecified atom stereocenters. The predicted molar refractivity (Wildman–Crippen MR) is 92.9 cm³/mol. The third kappa shape index (κ3) is 2.94. The molecule has 0 nitrogen and oxygen atoms in total. The molecule has 0 saturated carbocycles.